The molecule has 2 aliphatic rings. The second-order valence-electron chi connectivity index (χ2n) is 19.4. The van der Waals surface area contributed by atoms with Crippen LogP contribution in [0.3, 0.4) is 0 Å². The van der Waals surface area contributed by atoms with E-state index in [1.165, 1.54) is 31.4 Å². The highest BCUT2D eigenvalue weighted by Gasteiger charge is 2.35. The van der Waals surface area contributed by atoms with E-state index in [0.717, 1.165) is 80.8 Å². The number of nitrogens with one attached hydrogen (secondary N) is 1. The minimum atomic E-state index is -4.54. The first-order valence-corrected chi connectivity index (χ1v) is 25.9. The number of ether oxygens (including phenoxy) is 1. The third-order valence-electron chi connectivity index (χ3n) is 13.5. The van der Waals surface area contributed by atoms with Gasteiger partial charge in [0.1, 0.15) is 0 Å². The van der Waals surface area contributed by atoms with Crippen LogP contribution in [0, 0.1) is 37.5 Å². The van der Waals surface area contributed by atoms with Gasteiger partial charge < -0.3 is 30.7 Å². The molecule has 4 aromatic heterocycles. The van der Waals surface area contributed by atoms with Gasteiger partial charge in [0, 0.05) is 113 Å². The lowest BCUT2D eigenvalue weighted by Gasteiger charge is -2.33. The van der Waals surface area contributed by atoms with Crippen molar-refractivity contribution in [3.05, 3.63) is 189 Å². The van der Waals surface area contributed by atoms with Crippen LogP contribution in [-0.4, -0.2) is 146 Å². The number of halogens is 6. The third-order valence-corrected chi connectivity index (χ3v) is 13.5. The Morgan fingerprint density at radius 2 is 1.04 bits per heavy atom. The molecule has 22 heteroatoms. The summed E-state index contributed by atoms with van der Waals surface area (Å²) in [5, 5.41) is 25.9. The molecule has 0 saturated carbocycles. The number of nitrogens with two attached hydrogens (primary N) is 1. The number of aliphatic hydroxyl groups is 1. The van der Waals surface area contributed by atoms with Crippen molar-refractivity contribution >= 4 is 34.5 Å². The van der Waals surface area contributed by atoms with Crippen molar-refractivity contribution in [1.29, 1.82) is 0 Å². The summed E-state index contributed by atoms with van der Waals surface area (Å²) < 4.78 is 89.0. The normalized spacial score (nSPS) is 14.1. The fourth-order valence-corrected chi connectivity index (χ4v) is 8.75. The van der Waals surface area contributed by atoms with Gasteiger partial charge in [0.15, 0.2) is 11.3 Å². The maximum absolute atomic E-state index is 13.9. The number of pyridine rings is 2. The summed E-state index contributed by atoms with van der Waals surface area (Å²) in [7, 11) is 6.37. The van der Waals surface area contributed by atoms with Crippen LogP contribution in [0.2, 0.25) is 0 Å². The summed E-state index contributed by atoms with van der Waals surface area (Å²) in [4.78, 5) is 33.0. The molecule has 0 atom stereocenters. The number of aliphatic hydroxyl groups excluding tert-OH is 1. The lowest BCUT2D eigenvalue weighted by molar-refractivity contribution is -0.139. The Morgan fingerprint density at radius 1 is 0.585 bits per heavy atom. The molecule has 2 fully saturated rings. The largest absolute Gasteiger partial charge is 0.465 e. The number of amides is 1. The van der Waals surface area contributed by atoms with Gasteiger partial charge in [-0.15, -0.1) is 20.4 Å². The van der Waals surface area contributed by atoms with Crippen molar-refractivity contribution in [2.45, 2.75) is 39.3 Å². The summed E-state index contributed by atoms with van der Waals surface area (Å²) in [5.41, 5.74) is 10.2. The van der Waals surface area contributed by atoms with Gasteiger partial charge in [0.2, 0.25) is 11.6 Å². The number of hydrogen-bond donors (Lipinski definition) is 3. The number of esters is 1. The number of fused-ring (bicyclic) bond motifs is 2. The van der Waals surface area contributed by atoms with Gasteiger partial charge in [-0.05, 0) is 135 Å². The van der Waals surface area contributed by atoms with E-state index in [-0.39, 0.29) is 35.0 Å². The number of rotatable bonds is 7. The number of methoxy groups -OCH3 is 1. The van der Waals surface area contributed by atoms with Crippen LogP contribution >= 0.6 is 0 Å². The van der Waals surface area contributed by atoms with E-state index in [4.69, 9.17) is 15.6 Å². The fraction of sp³-hybridized carbons (Fsp3) is 0.300. The first-order valence-electron chi connectivity index (χ1n) is 25.9. The van der Waals surface area contributed by atoms with Crippen LogP contribution in [-0.2, 0) is 30.2 Å². The number of nitrogens with zero attached hydrogens (tertiary/aromatic N) is 10. The van der Waals surface area contributed by atoms with Crippen LogP contribution in [0.5, 0.6) is 0 Å². The third kappa shape index (κ3) is 16.3. The highest BCUT2D eigenvalue weighted by molar-refractivity contribution is 6.04. The average Bonchev–Trinajstić information content (AvgIpc) is 4.18. The van der Waals surface area contributed by atoms with Crippen LogP contribution in [0.1, 0.15) is 76.9 Å². The minimum absolute atomic E-state index is 0.0811. The molecule has 6 heterocycles. The van der Waals surface area contributed by atoms with Crippen molar-refractivity contribution in [3.8, 4) is 23.7 Å². The Bertz CT molecular complexity index is 3640. The Morgan fingerprint density at radius 3 is 1.51 bits per heavy atom. The molecule has 16 nitrogen and oxygen atoms in total. The summed E-state index contributed by atoms with van der Waals surface area (Å²) in [6.45, 7) is 10.7. The van der Waals surface area contributed by atoms with Gasteiger partial charge in [0.05, 0.1) is 23.8 Å². The summed E-state index contributed by atoms with van der Waals surface area (Å²) in [6.07, 6.45) is -5.22. The number of benzene rings is 4. The van der Waals surface area contributed by atoms with Gasteiger partial charge >= 0.3 is 18.3 Å². The minimum Gasteiger partial charge on any atom is -0.465 e. The van der Waals surface area contributed by atoms with Gasteiger partial charge in [-0.25, -0.2) is 4.79 Å². The molecule has 428 valence electrons. The maximum Gasteiger partial charge on any atom is 0.416 e. The van der Waals surface area contributed by atoms with Gasteiger partial charge in [-0.2, -0.15) is 26.3 Å². The predicted molar refractivity (Wildman–Crippen MR) is 301 cm³/mol. The standard InChI is InChI=1S/C29H27F3N6O.C17H13N3O2.C13H18F3N3.CH4O/c1-20-6-7-22(17-21(20)9-11-27-35-34-26-5-3-4-12-38(26)27)28(39)33-24-10-8-23(25(18-24)29(30,31)32)19-37-15-13-36(2)14-16-37;1-12-6-7-14(17(21)22-2)11-13(12)8-9-16-19-18-15-5-3-4-10-20(15)16;1-18-4-6-19(7-5-18)9-10-2-3-11(17)8-12(10)13(14,15)16;1-2/h3-8,10,12,17-18H,13-16,19H2,1-2H3,(H,33,39);3-7,10-11H,1-2H3;2-3,8H,4-7,9,17H2,1H3;2H,1H3. The first kappa shape index (κ1) is 61.0. The number of anilines is 2. The van der Waals surface area contributed by atoms with Gasteiger partial charge in [0.25, 0.3) is 5.91 Å². The topological polar surface area (TPSA) is 175 Å². The van der Waals surface area contributed by atoms with Crippen LogP contribution in [0.25, 0.3) is 11.3 Å². The Kier molecular flexibility index (Phi) is 20.6. The number of alkyl halides is 6. The SMILES string of the molecule is CN1CCN(Cc2ccc(N)cc2C(F)(F)F)CC1.CO.COC(=O)c1ccc(C)c(C#Cc2nnc3ccccn23)c1.Cc1ccc(C(=O)Nc2ccc(CN3CCN(C)CC3)c(C(F)(F)F)c2)cc1C#Cc1nnc2ccccn12. The Hall–Kier alpha value is -8.64. The molecule has 10 rings (SSSR count). The van der Waals surface area contributed by atoms with E-state index < -0.39 is 29.4 Å². The predicted octanol–water partition coefficient (Wildman–Crippen LogP) is 8.32. The number of piperazine rings is 2. The zero-order chi connectivity index (χ0) is 59.1. The monoisotopic (exact) mass is 1130 g/mol. The van der Waals surface area contributed by atoms with Gasteiger partial charge in [-0.3, -0.25) is 23.4 Å². The number of aryl methyl sites for hydroxylation is 2. The molecule has 2 saturated heterocycles. The van der Waals surface area contributed by atoms with Gasteiger partial charge in [-0.1, -0.05) is 48.2 Å². The van der Waals surface area contributed by atoms with E-state index in [1.807, 2.05) is 97.0 Å². The molecular formula is C60H62F6N12O4. The number of likely N-dealkylation sites (N-methyl/N-ethyl adjacent to an activating group) is 2. The lowest BCUT2D eigenvalue weighted by atomic mass is 10.0. The number of carbonyl (C=O) groups excluding carboxylic acids is 2. The Labute approximate surface area is 471 Å². The van der Waals surface area contributed by atoms with Crippen molar-refractivity contribution in [1.82, 2.24) is 48.8 Å². The molecule has 1 amide bonds. The van der Waals surface area contributed by atoms with Crippen molar-refractivity contribution in [2.75, 3.05) is 91.7 Å². The number of nitrogen functional groups attached to an aromatic ring is 1. The Balaban J connectivity index is 0.000000190. The molecule has 0 spiro atoms. The summed E-state index contributed by atoms with van der Waals surface area (Å²) in [5.74, 6) is 12.2. The van der Waals surface area contributed by atoms with E-state index >= 15 is 0 Å². The number of carbonyl (C=O) groups is 2. The molecule has 0 aliphatic carbocycles. The first-order chi connectivity index (χ1) is 39.2. The molecular weight excluding hydrogens is 1070 g/mol. The quantitative estimate of drug-likeness (QED) is 0.0602. The van der Waals surface area contributed by atoms with E-state index in [2.05, 4.69) is 59.2 Å². The molecule has 0 radical (unpaired) electrons. The number of hydrogen-bond acceptors (Lipinski definition) is 13. The zero-order valence-corrected chi connectivity index (χ0v) is 46.1. The molecule has 2 aliphatic heterocycles. The molecule has 82 heavy (non-hydrogen) atoms. The molecule has 0 unspecified atom stereocenters. The van der Waals surface area contributed by atoms with E-state index in [9.17, 15) is 35.9 Å². The summed E-state index contributed by atoms with van der Waals surface area (Å²) >= 11 is 0. The maximum atomic E-state index is 13.9. The summed E-state index contributed by atoms with van der Waals surface area (Å²) in [6, 6.07) is 29.5. The smallest absolute Gasteiger partial charge is 0.416 e. The molecule has 4 N–H and O–H groups in total. The van der Waals surface area contributed by atoms with Crippen molar-refractivity contribution < 1.29 is 45.8 Å². The second-order valence-corrected chi connectivity index (χ2v) is 19.4. The van der Waals surface area contributed by atoms with Crippen LogP contribution < -0.4 is 11.1 Å². The highest BCUT2D eigenvalue weighted by Crippen LogP contribution is 2.36. The van der Waals surface area contributed by atoms with Crippen LogP contribution in [0.15, 0.2) is 122 Å². The average molecular weight is 1130 g/mol. The van der Waals surface area contributed by atoms with Crippen LogP contribution in [0.4, 0.5) is 37.7 Å². The zero-order valence-electron chi connectivity index (χ0n) is 46.1. The molecule has 8 aromatic rings. The van der Waals surface area contributed by atoms with E-state index in [0.29, 0.717) is 53.6 Å². The van der Waals surface area contributed by atoms with E-state index in [1.54, 1.807) is 34.7 Å². The fourth-order valence-electron chi connectivity index (χ4n) is 8.75. The molecule has 4 aromatic carbocycles. The number of aromatic nitrogens is 6. The van der Waals surface area contributed by atoms with Crippen molar-refractivity contribution in [2.24, 2.45) is 0 Å². The second kappa shape index (κ2) is 27.7. The van der Waals surface area contributed by atoms with Crippen molar-refractivity contribution in [3.63, 3.8) is 0 Å². The highest BCUT2D eigenvalue weighted by atomic mass is 19.4. The lowest BCUT2D eigenvalue weighted by Crippen LogP contribution is -2.44. The molecule has 0 bridgehead atoms.